The van der Waals surface area contributed by atoms with Crippen LogP contribution in [0.5, 0.6) is 5.75 Å². The van der Waals surface area contributed by atoms with Gasteiger partial charge in [-0.15, -0.1) is 0 Å². The summed E-state index contributed by atoms with van der Waals surface area (Å²) in [6.07, 6.45) is 7.78. The van der Waals surface area contributed by atoms with Crippen molar-refractivity contribution in [2.24, 2.45) is 5.92 Å². The molecule has 0 heterocycles. The van der Waals surface area contributed by atoms with Gasteiger partial charge in [-0.1, -0.05) is 38.2 Å². The maximum Gasteiger partial charge on any atom is 0.335 e. The highest BCUT2D eigenvalue weighted by atomic mass is 16.5. The first-order chi connectivity index (χ1) is 9.16. The molecule has 3 nitrogen and oxygen atoms in total. The highest BCUT2D eigenvalue weighted by molar-refractivity contribution is 5.88. The van der Waals surface area contributed by atoms with Crippen molar-refractivity contribution in [3.05, 3.63) is 29.3 Å². The van der Waals surface area contributed by atoms with Crippen molar-refractivity contribution < 1.29 is 14.6 Å². The van der Waals surface area contributed by atoms with Gasteiger partial charge in [0.25, 0.3) is 0 Å². The molecular formula is C16H22O3. The molecule has 2 rings (SSSR count). The quantitative estimate of drug-likeness (QED) is 0.871. The minimum atomic E-state index is -0.905. The average Bonchev–Trinajstić information content (AvgIpc) is 2.42. The van der Waals surface area contributed by atoms with E-state index in [1.54, 1.807) is 18.2 Å². The Morgan fingerprint density at radius 1 is 1.32 bits per heavy atom. The van der Waals surface area contributed by atoms with Gasteiger partial charge in [0.1, 0.15) is 5.75 Å². The Kier molecular flexibility index (Phi) is 4.83. The third-order valence-electron chi connectivity index (χ3n) is 3.94. The van der Waals surface area contributed by atoms with Crippen LogP contribution in [0.3, 0.4) is 0 Å². The average molecular weight is 262 g/mol. The number of carboxylic acid groups (broad SMARTS) is 1. The second-order valence-corrected chi connectivity index (χ2v) is 5.43. The van der Waals surface area contributed by atoms with E-state index in [0.29, 0.717) is 17.9 Å². The third-order valence-corrected chi connectivity index (χ3v) is 3.94. The fraction of sp³-hybridized carbons (Fsp3) is 0.562. The minimum Gasteiger partial charge on any atom is -0.493 e. The number of carbonyl (C=O) groups is 1. The number of rotatable bonds is 5. The van der Waals surface area contributed by atoms with Crippen LogP contribution in [0.25, 0.3) is 0 Å². The van der Waals surface area contributed by atoms with Gasteiger partial charge in [0.15, 0.2) is 0 Å². The second kappa shape index (κ2) is 6.60. The van der Waals surface area contributed by atoms with E-state index in [-0.39, 0.29) is 0 Å². The first-order valence-corrected chi connectivity index (χ1v) is 7.13. The van der Waals surface area contributed by atoms with Crippen molar-refractivity contribution in [2.75, 3.05) is 6.61 Å². The van der Waals surface area contributed by atoms with Crippen LogP contribution in [0.2, 0.25) is 0 Å². The van der Waals surface area contributed by atoms with Gasteiger partial charge in [0, 0.05) is 0 Å². The van der Waals surface area contributed by atoms with Gasteiger partial charge in [0.2, 0.25) is 0 Å². The molecule has 1 aliphatic carbocycles. The van der Waals surface area contributed by atoms with E-state index in [9.17, 15) is 4.79 Å². The Balaban J connectivity index is 1.87. The van der Waals surface area contributed by atoms with E-state index in [0.717, 1.165) is 17.9 Å². The van der Waals surface area contributed by atoms with Gasteiger partial charge in [-0.3, -0.25) is 0 Å². The van der Waals surface area contributed by atoms with Crippen LogP contribution < -0.4 is 4.74 Å². The second-order valence-electron chi connectivity index (χ2n) is 5.43. The molecule has 0 atom stereocenters. The Morgan fingerprint density at radius 2 is 2.05 bits per heavy atom. The lowest BCUT2D eigenvalue weighted by Gasteiger charge is -2.21. The molecule has 1 aliphatic rings. The lowest BCUT2D eigenvalue weighted by molar-refractivity contribution is 0.0696. The van der Waals surface area contributed by atoms with Gasteiger partial charge in [-0.05, 0) is 37.0 Å². The molecule has 1 aromatic carbocycles. The summed E-state index contributed by atoms with van der Waals surface area (Å²) in [6.45, 7) is 2.64. The SMILES string of the molecule is Cc1ccc(C(=O)O)cc1OCCC1CCCCC1. The van der Waals surface area contributed by atoms with Crippen molar-refractivity contribution in [1.82, 2.24) is 0 Å². The molecule has 0 amide bonds. The predicted octanol–water partition coefficient (Wildman–Crippen LogP) is 4.04. The molecule has 19 heavy (non-hydrogen) atoms. The topological polar surface area (TPSA) is 46.5 Å². The third kappa shape index (κ3) is 3.98. The smallest absolute Gasteiger partial charge is 0.335 e. The summed E-state index contributed by atoms with van der Waals surface area (Å²) in [5.41, 5.74) is 1.28. The zero-order chi connectivity index (χ0) is 13.7. The maximum atomic E-state index is 10.9. The van der Waals surface area contributed by atoms with Gasteiger partial charge >= 0.3 is 5.97 Å². The molecular weight excluding hydrogens is 240 g/mol. The molecule has 0 saturated heterocycles. The van der Waals surface area contributed by atoms with E-state index in [4.69, 9.17) is 9.84 Å². The number of aromatic carboxylic acids is 1. The van der Waals surface area contributed by atoms with Crippen LogP contribution in [-0.4, -0.2) is 17.7 Å². The molecule has 0 aromatic heterocycles. The summed E-state index contributed by atoms with van der Waals surface area (Å²) in [5.74, 6) is 0.588. The first-order valence-electron chi connectivity index (χ1n) is 7.13. The molecule has 3 heteroatoms. The Morgan fingerprint density at radius 3 is 2.74 bits per heavy atom. The zero-order valence-corrected chi connectivity index (χ0v) is 11.5. The predicted molar refractivity (Wildman–Crippen MR) is 74.8 cm³/mol. The van der Waals surface area contributed by atoms with Crippen molar-refractivity contribution >= 4 is 5.97 Å². The Labute approximate surface area is 114 Å². The lowest BCUT2D eigenvalue weighted by atomic mass is 9.87. The Bertz CT molecular complexity index is 434. The number of benzene rings is 1. The number of aryl methyl sites for hydroxylation is 1. The standard InChI is InChI=1S/C16H22O3/c1-12-7-8-14(16(17)18)11-15(12)19-10-9-13-5-3-2-4-6-13/h7-8,11,13H,2-6,9-10H2,1H3,(H,17,18). The molecule has 1 N–H and O–H groups in total. The fourth-order valence-electron chi connectivity index (χ4n) is 2.70. The van der Waals surface area contributed by atoms with Gasteiger partial charge in [0.05, 0.1) is 12.2 Å². The highest BCUT2D eigenvalue weighted by Crippen LogP contribution is 2.27. The van der Waals surface area contributed by atoms with E-state index in [2.05, 4.69) is 0 Å². The van der Waals surface area contributed by atoms with Gasteiger partial charge in [-0.25, -0.2) is 4.79 Å². The van der Waals surface area contributed by atoms with E-state index < -0.39 is 5.97 Å². The van der Waals surface area contributed by atoms with Crippen LogP contribution >= 0.6 is 0 Å². The number of hydrogen-bond acceptors (Lipinski definition) is 2. The van der Waals surface area contributed by atoms with Gasteiger partial charge in [-0.2, -0.15) is 0 Å². The largest absolute Gasteiger partial charge is 0.493 e. The maximum absolute atomic E-state index is 10.9. The minimum absolute atomic E-state index is 0.290. The lowest BCUT2D eigenvalue weighted by Crippen LogP contribution is -2.11. The van der Waals surface area contributed by atoms with Crippen LogP contribution in [-0.2, 0) is 0 Å². The molecule has 0 aliphatic heterocycles. The highest BCUT2D eigenvalue weighted by Gasteiger charge is 2.13. The molecule has 0 radical (unpaired) electrons. The molecule has 1 fully saturated rings. The zero-order valence-electron chi connectivity index (χ0n) is 11.5. The van der Waals surface area contributed by atoms with Crippen molar-refractivity contribution in [3.8, 4) is 5.75 Å². The summed E-state index contributed by atoms with van der Waals surface area (Å²) < 4.78 is 5.77. The Hall–Kier alpha value is -1.51. The summed E-state index contributed by atoms with van der Waals surface area (Å²) in [5, 5.41) is 8.97. The summed E-state index contributed by atoms with van der Waals surface area (Å²) in [6, 6.07) is 5.05. The first kappa shape index (κ1) is 13.9. The molecule has 104 valence electrons. The number of carboxylic acids is 1. The van der Waals surface area contributed by atoms with Crippen molar-refractivity contribution in [3.63, 3.8) is 0 Å². The molecule has 0 spiro atoms. The van der Waals surface area contributed by atoms with Crippen molar-refractivity contribution in [2.45, 2.75) is 45.4 Å². The summed E-state index contributed by atoms with van der Waals surface area (Å²) in [7, 11) is 0. The monoisotopic (exact) mass is 262 g/mol. The molecule has 1 saturated carbocycles. The van der Waals surface area contributed by atoms with Crippen LogP contribution in [0.1, 0.15) is 54.4 Å². The fourth-order valence-corrected chi connectivity index (χ4v) is 2.70. The molecule has 0 unspecified atom stereocenters. The number of hydrogen-bond donors (Lipinski definition) is 1. The van der Waals surface area contributed by atoms with E-state index in [1.165, 1.54) is 32.1 Å². The summed E-state index contributed by atoms with van der Waals surface area (Å²) in [4.78, 5) is 10.9. The van der Waals surface area contributed by atoms with Gasteiger partial charge < -0.3 is 9.84 Å². The van der Waals surface area contributed by atoms with Crippen molar-refractivity contribution in [1.29, 1.82) is 0 Å². The normalized spacial score (nSPS) is 16.3. The summed E-state index contributed by atoms with van der Waals surface area (Å²) >= 11 is 0. The van der Waals surface area contributed by atoms with Crippen LogP contribution in [0.15, 0.2) is 18.2 Å². The number of ether oxygens (including phenoxy) is 1. The molecule has 1 aromatic rings. The van der Waals surface area contributed by atoms with E-state index in [1.807, 2.05) is 6.92 Å². The van der Waals surface area contributed by atoms with Crippen LogP contribution in [0, 0.1) is 12.8 Å². The van der Waals surface area contributed by atoms with Crippen LogP contribution in [0.4, 0.5) is 0 Å². The molecule has 0 bridgehead atoms. The van der Waals surface area contributed by atoms with E-state index >= 15 is 0 Å².